The predicted octanol–water partition coefficient (Wildman–Crippen LogP) is 4.24. The molecule has 0 saturated heterocycles. The van der Waals surface area contributed by atoms with Gasteiger partial charge >= 0.3 is 0 Å². The van der Waals surface area contributed by atoms with Gasteiger partial charge in [-0.1, -0.05) is 58.9 Å². The lowest BCUT2D eigenvalue weighted by atomic mass is 10.1. The van der Waals surface area contributed by atoms with Crippen LogP contribution in [-0.4, -0.2) is 18.6 Å². The molecule has 0 spiro atoms. The van der Waals surface area contributed by atoms with E-state index in [1.54, 1.807) is 13.8 Å². The zero-order chi connectivity index (χ0) is 18.2. The third-order valence-corrected chi connectivity index (χ3v) is 6.48. The van der Waals surface area contributed by atoms with Crippen LogP contribution in [0.3, 0.4) is 0 Å². The summed E-state index contributed by atoms with van der Waals surface area (Å²) in [5, 5.41) is 9.01. The molecular formula is C18H19N3O2S2. The summed E-state index contributed by atoms with van der Waals surface area (Å²) in [5.74, 6) is 0. The Labute approximate surface area is 151 Å². The fraction of sp³-hybridized carbons (Fsp3) is 0.222. The molecule has 3 rings (SSSR count). The topological polar surface area (TPSA) is 72.0 Å². The van der Waals surface area contributed by atoms with Gasteiger partial charge in [-0.2, -0.15) is 0 Å². The van der Waals surface area contributed by atoms with Crippen LogP contribution < -0.4 is 4.72 Å². The van der Waals surface area contributed by atoms with Gasteiger partial charge in [-0.05, 0) is 38.8 Å². The molecule has 1 aromatic heterocycles. The Morgan fingerprint density at radius 1 is 0.880 bits per heavy atom. The largest absolute Gasteiger partial charge is 0.264 e. The highest BCUT2D eigenvalue weighted by Crippen LogP contribution is 2.29. The average Bonchev–Trinajstić information content (AvgIpc) is 2.94. The molecule has 7 heteroatoms. The second kappa shape index (κ2) is 6.57. The summed E-state index contributed by atoms with van der Waals surface area (Å²) in [7, 11) is -3.71. The molecular weight excluding hydrogens is 354 g/mol. The quantitative estimate of drug-likeness (QED) is 0.742. The molecule has 0 aliphatic heterocycles. The third kappa shape index (κ3) is 3.72. The zero-order valence-electron chi connectivity index (χ0n) is 14.5. The molecule has 25 heavy (non-hydrogen) atoms. The molecule has 1 heterocycles. The van der Waals surface area contributed by atoms with E-state index in [2.05, 4.69) is 14.9 Å². The van der Waals surface area contributed by atoms with Gasteiger partial charge in [0.25, 0.3) is 10.0 Å². The van der Waals surface area contributed by atoms with Gasteiger partial charge in [-0.3, -0.25) is 4.72 Å². The highest BCUT2D eigenvalue weighted by atomic mass is 32.2. The summed E-state index contributed by atoms with van der Waals surface area (Å²) in [5.41, 5.74) is 4.53. The summed E-state index contributed by atoms with van der Waals surface area (Å²) in [6.45, 7) is 7.55. The van der Waals surface area contributed by atoms with Crippen molar-refractivity contribution in [3.63, 3.8) is 0 Å². The number of hydrogen-bond donors (Lipinski definition) is 1. The summed E-state index contributed by atoms with van der Waals surface area (Å²) >= 11 is 1.22. The van der Waals surface area contributed by atoms with Crippen molar-refractivity contribution < 1.29 is 8.42 Å². The van der Waals surface area contributed by atoms with Gasteiger partial charge < -0.3 is 0 Å². The van der Waals surface area contributed by atoms with Crippen LogP contribution in [0.1, 0.15) is 22.3 Å². The fourth-order valence-corrected chi connectivity index (χ4v) is 5.27. The lowest BCUT2D eigenvalue weighted by molar-refractivity contribution is 0.600. The number of benzene rings is 2. The molecule has 3 aromatic rings. The van der Waals surface area contributed by atoms with Gasteiger partial charge in [0.1, 0.15) is 5.01 Å². The molecule has 130 valence electrons. The molecule has 1 N–H and O–H groups in total. The molecule has 0 radical (unpaired) electrons. The fourth-order valence-electron chi connectivity index (χ4n) is 2.83. The molecule has 0 bridgehead atoms. The van der Waals surface area contributed by atoms with Crippen LogP contribution in [0.5, 0.6) is 0 Å². The molecule has 0 unspecified atom stereocenters. The van der Waals surface area contributed by atoms with Gasteiger partial charge in [-0.15, -0.1) is 10.2 Å². The summed E-state index contributed by atoms with van der Waals surface area (Å²) < 4.78 is 28.1. The molecule has 5 nitrogen and oxygen atoms in total. The second-order valence-corrected chi connectivity index (χ2v) is 8.71. The van der Waals surface area contributed by atoms with Crippen molar-refractivity contribution in [1.29, 1.82) is 0 Å². The molecule has 0 saturated carbocycles. The maximum atomic E-state index is 12.8. The minimum Gasteiger partial charge on any atom is -0.253 e. The van der Waals surface area contributed by atoms with Crippen LogP contribution in [0.25, 0.3) is 10.6 Å². The van der Waals surface area contributed by atoms with Gasteiger partial charge in [0, 0.05) is 5.56 Å². The van der Waals surface area contributed by atoms with Crippen LogP contribution in [0.2, 0.25) is 0 Å². The Morgan fingerprint density at radius 3 is 2.08 bits per heavy atom. The van der Waals surface area contributed by atoms with Gasteiger partial charge in [-0.25, -0.2) is 8.42 Å². The first-order valence-corrected chi connectivity index (χ1v) is 10.1. The number of aromatic nitrogens is 2. The maximum absolute atomic E-state index is 12.8. The molecule has 0 aliphatic rings. The van der Waals surface area contributed by atoms with Crippen LogP contribution in [0.15, 0.2) is 41.3 Å². The Morgan fingerprint density at radius 2 is 1.48 bits per heavy atom. The molecule has 0 aliphatic carbocycles. The van der Waals surface area contributed by atoms with E-state index >= 15 is 0 Å². The molecule has 0 amide bonds. The van der Waals surface area contributed by atoms with Crippen LogP contribution >= 0.6 is 11.3 Å². The number of nitrogens with zero attached hydrogens (tertiary/aromatic N) is 2. The highest BCUT2D eigenvalue weighted by molar-refractivity contribution is 7.93. The van der Waals surface area contributed by atoms with Crippen molar-refractivity contribution >= 4 is 26.5 Å². The lowest BCUT2D eigenvalue weighted by Crippen LogP contribution is -2.15. The average molecular weight is 374 g/mol. The number of hydrogen-bond acceptors (Lipinski definition) is 5. The Hall–Kier alpha value is -2.25. The van der Waals surface area contributed by atoms with Gasteiger partial charge in [0.15, 0.2) is 0 Å². The van der Waals surface area contributed by atoms with Crippen molar-refractivity contribution in [2.24, 2.45) is 0 Å². The summed E-state index contributed by atoms with van der Waals surface area (Å²) in [4.78, 5) is 0.296. The Kier molecular flexibility index (Phi) is 4.62. The molecule has 0 atom stereocenters. The van der Waals surface area contributed by atoms with Crippen molar-refractivity contribution in [2.45, 2.75) is 32.6 Å². The first kappa shape index (κ1) is 17.6. The predicted molar refractivity (Wildman–Crippen MR) is 102 cm³/mol. The normalized spacial score (nSPS) is 11.5. The van der Waals surface area contributed by atoms with E-state index < -0.39 is 10.0 Å². The Bertz CT molecular complexity index is 1000. The van der Waals surface area contributed by atoms with E-state index in [0.29, 0.717) is 21.0 Å². The third-order valence-electron chi connectivity index (χ3n) is 3.82. The van der Waals surface area contributed by atoms with E-state index in [4.69, 9.17) is 0 Å². The maximum Gasteiger partial charge on any atom is 0.264 e. The SMILES string of the molecule is Cc1ccc(-c2nnc(NS(=O)(=O)c3c(C)cc(C)cc3C)s2)cc1. The van der Waals surface area contributed by atoms with E-state index in [-0.39, 0.29) is 5.13 Å². The molecule has 0 fully saturated rings. The standard InChI is InChI=1S/C18H19N3O2S2/c1-11-5-7-15(8-6-11)17-19-20-18(24-17)21-25(22,23)16-13(3)9-12(2)10-14(16)4/h5-10H,1-4H3,(H,20,21). The first-order valence-electron chi connectivity index (χ1n) is 7.77. The van der Waals surface area contributed by atoms with Crippen molar-refractivity contribution in [1.82, 2.24) is 10.2 Å². The number of nitrogens with one attached hydrogen (secondary N) is 1. The van der Waals surface area contributed by atoms with Crippen molar-refractivity contribution in [3.8, 4) is 10.6 Å². The number of sulfonamides is 1. The summed E-state index contributed by atoms with van der Waals surface area (Å²) in [6.07, 6.45) is 0. The molecule has 2 aromatic carbocycles. The van der Waals surface area contributed by atoms with Gasteiger partial charge in [0.2, 0.25) is 5.13 Å². The van der Waals surface area contributed by atoms with E-state index in [9.17, 15) is 8.42 Å². The minimum absolute atomic E-state index is 0.259. The number of rotatable bonds is 4. The number of anilines is 1. The van der Waals surface area contributed by atoms with Crippen LogP contribution in [0, 0.1) is 27.7 Å². The minimum atomic E-state index is -3.71. The monoisotopic (exact) mass is 373 g/mol. The van der Waals surface area contributed by atoms with Crippen molar-refractivity contribution in [2.75, 3.05) is 4.72 Å². The second-order valence-electron chi connectivity index (χ2n) is 6.11. The number of aryl methyl sites for hydroxylation is 4. The first-order chi connectivity index (χ1) is 11.8. The van der Waals surface area contributed by atoms with Crippen LogP contribution in [0.4, 0.5) is 5.13 Å². The lowest BCUT2D eigenvalue weighted by Gasteiger charge is -2.12. The van der Waals surface area contributed by atoms with E-state index in [1.165, 1.54) is 11.3 Å². The van der Waals surface area contributed by atoms with Crippen molar-refractivity contribution in [3.05, 3.63) is 58.7 Å². The highest BCUT2D eigenvalue weighted by Gasteiger charge is 2.22. The van der Waals surface area contributed by atoms with Gasteiger partial charge in [0.05, 0.1) is 4.90 Å². The van der Waals surface area contributed by atoms with Crippen LogP contribution in [-0.2, 0) is 10.0 Å². The summed E-state index contributed by atoms with van der Waals surface area (Å²) in [6, 6.07) is 11.6. The smallest absolute Gasteiger partial charge is 0.253 e. The Balaban J connectivity index is 1.91. The van der Waals surface area contributed by atoms with E-state index in [0.717, 1.165) is 16.7 Å². The van der Waals surface area contributed by atoms with E-state index in [1.807, 2.05) is 50.2 Å². The zero-order valence-corrected chi connectivity index (χ0v) is 16.1.